The Morgan fingerprint density at radius 2 is 1.52 bits per heavy atom. The highest BCUT2D eigenvalue weighted by atomic mass is 28.4. The average molecular weight is 441 g/mol. The number of carbonyl (C=O) groups excluding carboxylic acids is 1. The van der Waals surface area contributed by atoms with Crippen LogP contribution >= 0.6 is 0 Å². The summed E-state index contributed by atoms with van der Waals surface area (Å²) in [6.45, 7) is 8.83. The predicted molar refractivity (Wildman–Crippen MR) is 127 cm³/mol. The minimum absolute atomic E-state index is 0.0115. The lowest BCUT2D eigenvalue weighted by Crippen LogP contribution is -2.69. The van der Waals surface area contributed by atoms with E-state index in [1.54, 1.807) is 0 Å². The van der Waals surface area contributed by atoms with Crippen molar-refractivity contribution in [2.45, 2.75) is 64.2 Å². The van der Waals surface area contributed by atoms with E-state index in [0.29, 0.717) is 12.8 Å². The Hall–Kier alpha value is -1.95. The molecule has 3 rings (SSSR count). The van der Waals surface area contributed by atoms with Gasteiger partial charge in [-0.05, 0) is 34.7 Å². The van der Waals surface area contributed by atoms with Gasteiger partial charge in [0.1, 0.15) is 0 Å². The lowest BCUT2D eigenvalue weighted by Gasteiger charge is -2.49. The van der Waals surface area contributed by atoms with E-state index in [1.807, 2.05) is 12.1 Å². The van der Waals surface area contributed by atoms with Crippen molar-refractivity contribution in [2.75, 3.05) is 7.11 Å². The molecule has 1 aliphatic carbocycles. The number of methoxy groups -OCH3 is 1. The van der Waals surface area contributed by atoms with Crippen molar-refractivity contribution in [2.24, 2.45) is 11.8 Å². The van der Waals surface area contributed by atoms with Crippen LogP contribution in [0, 0.1) is 11.8 Å². The largest absolute Gasteiger partial charge is 0.469 e. The molecule has 4 nitrogen and oxygen atoms in total. The maximum atomic E-state index is 12.4. The first-order valence-electron chi connectivity index (χ1n) is 11.3. The van der Waals surface area contributed by atoms with Gasteiger partial charge in [-0.25, -0.2) is 0 Å². The van der Waals surface area contributed by atoms with Gasteiger partial charge >= 0.3 is 5.97 Å². The second kappa shape index (κ2) is 9.68. The zero-order chi connectivity index (χ0) is 22.6. The van der Waals surface area contributed by atoms with Gasteiger partial charge in [-0.2, -0.15) is 0 Å². The Balaban J connectivity index is 2.14. The van der Waals surface area contributed by atoms with E-state index in [4.69, 9.17) is 9.16 Å². The number of hydrogen-bond acceptors (Lipinski definition) is 4. The minimum atomic E-state index is -2.76. The van der Waals surface area contributed by atoms with Gasteiger partial charge in [-0.15, -0.1) is 0 Å². The Morgan fingerprint density at radius 3 is 1.94 bits per heavy atom. The minimum Gasteiger partial charge on any atom is -0.469 e. The van der Waals surface area contributed by atoms with Gasteiger partial charge in [0.2, 0.25) is 0 Å². The number of aliphatic hydroxyl groups is 1. The van der Waals surface area contributed by atoms with Gasteiger partial charge in [0, 0.05) is 5.92 Å². The molecule has 4 atom stereocenters. The van der Waals surface area contributed by atoms with E-state index < -0.39 is 14.4 Å². The molecule has 1 saturated carbocycles. The number of ether oxygens (including phenoxy) is 1. The van der Waals surface area contributed by atoms with Crippen molar-refractivity contribution in [3.8, 4) is 0 Å². The first kappa shape index (κ1) is 23.7. The van der Waals surface area contributed by atoms with E-state index in [9.17, 15) is 9.90 Å². The summed E-state index contributed by atoms with van der Waals surface area (Å²) in [7, 11) is -1.35. The molecule has 0 bridgehead atoms. The van der Waals surface area contributed by atoms with Crippen LogP contribution in [0.1, 0.15) is 47.0 Å². The first-order valence-corrected chi connectivity index (χ1v) is 13.2. The lowest BCUT2D eigenvalue weighted by atomic mass is 9.76. The topological polar surface area (TPSA) is 55.8 Å². The highest BCUT2D eigenvalue weighted by Gasteiger charge is 2.53. The summed E-state index contributed by atoms with van der Waals surface area (Å²) in [4.78, 5) is 12.4. The molecule has 0 spiro atoms. The van der Waals surface area contributed by atoms with Gasteiger partial charge in [0.05, 0.1) is 25.2 Å². The van der Waals surface area contributed by atoms with Crippen LogP contribution in [0.5, 0.6) is 0 Å². The lowest BCUT2D eigenvalue weighted by molar-refractivity contribution is -0.152. The highest BCUT2D eigenvalue weighted by Crippen LogP contribution is 2.42. The molecule has 1 N–H and O–H groups in total. The van der Waals surface area contributed by atoms with Crippen molar-refractivity contribution in [1.29, 1.82) is 0 Å². The summed E-state index contributed by atoms with van der Waals surface area (Å²) in [5, 5.41) is 13.2. The number of rotatable bonds is 6. The van der Waals surface area contributed by atoms with Gasteiger partial charge < -0.3 is 14.3 Å². The zero-order valence-electron chi connectivity index (χ0n) is 19.4. The van der Waals surface area contributed by atoms with Crippen LogP contribution in [-0.4, -0.2) is 38.7 Å². The summed E-state index contributed by atoms with van der Waals surface area (Å²) in [6, 6.07) is 21.0. The van der Waals surface area contributed by atoms with Crippen LogP contribution in [0.25, 0.3) is 0 Å². The molecule has 0 aliphatic heterocycles. The molecule has 5 heteroatoms. The number of hydrogen-bond donors (Lipinski definition) is 1. The quantitative estimate of drug-likeness (QED) is 0.547. The van der Waals surface area contributed by atoms with E-state index >= 15 is 0 Å². The molecular weight excluding hydrogens is 404 g/mol. The molecule has 0 heterocycles. The molecule has 0 radical (unpaired) electrons. The number of aliphatic hydroxyl groups excluding tert-OH is 1. The molecule has 1 unspecified atom stereocenters. The van der Waals surface area contributed by atoms with Gasteiger partial charge in [-0.1, -0.05) is 88.4 Å². The Labute approximate surface area is 187 Å². The monoisotopic (exact) mass is 440 g/mol. The molecule has 1 fully saturated rings. The fourth-order valence-electron chi connectivity index (χ4n) is 5.21. The van der Waals surface area contributed by atoms with Crippen molar-refractivity contribution >= 4 is 24.7 Å². The molecule has 1 aliphatic rings. The third-order valence-corrected chi connectivity index (χ3v) is 11.8. The normalized spacial score (nSPS) is 24.6. The molecule has 0 aromatic heterocycles. The van der Waals surface area contributed by atoms with Crippen molar-refractivity contribution in [1.82, 2.24) is 0 Å². The van der Waals surface area contributed by atoms with Gasteiger partial charge in [0.15, 0.2) is 0 Å². The first-order chi connectivity index (χ1) is 14.7. The third kappa shape index (κ3) is 4.64. The van der Waals surface area contributed by atoms with E-state index in [-0.39, 0.29) is 28.9 Å². The van der Waals surface area contributed by atoms with Crippen LogP contribution in [0.4, 0.5) is 0 Å². The fourth-order valence-corrected chi connectivity index (χ4v) is 9.95. The van der Waals surface area contributed by atoms with E-state index in [1.165, 1.54) is 17.5 Å². The standard InChI is InChI=1S/C26H36O4Si/c1-6-22-23(27)17-19(25(28)29-5)18-24(22)30-31(26(2,3)4,20-13-9-7-10-14-20)21-15-11-8-12-16-21/h7-16,19,22-24,27H,6,17-18H2,1-5H3/t19-,22+,23?,24-/m0/s1. The molecule has 2 aromatic carbocycles. The van der Waals surface area contributed by atoms with Crippen LogP contribution in [0.2, 0.25) is 5.04 Å². The Morgan fingerprint density at radius 1 is 1.00 bits per heavy atom. The molecule has 168 valence electrons. The predicted octanol–water partition coefficient (Wildman–Crippen LogP) is 3.90. The average Bonchev–Trinajstić information content (AvgIpc) is 2.77. The van der Waals surface area contributed by atoms with E-state index in [2.05, 4.69) is 76.2 Å². The third-order valence-electron chi connectivity index (χ3n) is 6.77. The summed E-state index contributed by atoms with van der Waals surface area (Å²) in [5.41, 5.74) is 0. The molecular formula is C26H36O4Si. The molecule has 2 aromatic rings. The van der Waals surface area contributed by atoms with Crippen LogP contribution in [0.15, 0.2) is 60.7 Å². The van der Waals surface area contributed by atoms with Crippen LogP contribution in [0.3, 0.4) is 0 Å². The van der Waals surface area contributed by atoms with E-state index in [0.717, 1.165) is 6.42 Å². The van der Waals surface area contributed by atoms with Crippen molar-refractivity contribution in [3.05, 3.63) is 60.7 Å². The van der Waals surface area contributed by atoms with Crippen LogP contribution < -0.4 is 10.4 Å². The highest BCUT2D eigenvalue weighted by molar-refractivity contribution is 6.99. The molecule has 0 amide bonds. The Bertz CT molecular complexity index is 807. The summed E-state index contributed by atoms with van der Waals surface area (Å²) in [6.07, 6.45) is 1.02. The second-order valence-corrected chi connectivity index (χ2v) is 13.9. The maximum absolute atomic E-state index is 12.4. The zero-order valence-corrected chi connectivity index (χ0v) is 20.4. The summed E-state index contributed by atoms with van der Waals surface area (Å²) >= 11 is 0. The fraction of sp³-hybridized carbons (Fsp3) is 0.500. The van der Waals surface area contributed by atoms with Gasteiger partial charge in [0.25, 0.3) is 8.32 Å². The Kier molecular flexibility index (Phi) is 7.40. The summed E-state index contributed by atoms with van der Waals surface area (Å²) < 4.78 is 12.3. The van der Waals surface area contributed by atoms with Crippen molar-refractivity contribution < 1.29 is 19.1 Å². The number of esters is 1. The maximum Gasteiger partial charge on any atom is 0.308 e. The SMILES string of the molecule is CC[C@@H]1C(O)C[C@H](C(=O)OC)C[C@@H]1O[Si](c1ccccc1)(c1ccccc1)C(C)(C)C. The molecule has 0 saturated heterocycles. The molecule has 31 heavy (non-hydrogen) atoms. The second-order valence-electron chi connectivity index (χ2n) is 9.65. The number of carbonyl (C=O) groups is 1. The number of benzene rings is 2. The summed E-state index contributed by atoms with van der Waals surface area (Å²) in [5.74, 6) is -0.613. The van der Waals surface area contributed by atoms with Gasteiger partial charge in [-0.3, -0.25) is 4.79 Å². The smallest absolute Gasteiger partial charge is 0.308 e. The van der Waals surface area contributed by atoms with Crippen molar-refractivity contribution in [3.63, 3.8) is 0 Å². The van der Waals surface area contributed by atoms with Crippen LogP contribution in [-0.2, 0) is 14.0 Å².